The number of ether oxygens (including phenoxy) is 1. The van der Waals surface area contributed by atoms with Gasteiger partial charge in [0.25, 0.3) is 5.91 Å². The highest BCUT2D eigenvalue weighted by Gasteiger charge is 2.20. The summed E-state index contributed by atoms with van der Waals surface area (Å²) < 4.78 is 5.00. The number of methoxy groups -OCH3 is 1. The van der Waals surface area contributed by atoms with E-state index in [2.05, 4.69) is 27.0 Å². The molecule has 1 aromatic heterocycles. The molecule has 1 aliphatic rings. The highest BCUT2D eigenvalue weighted by molar-refractivity contribution is 5.93. The van der Waals surface area contributed by atoms with Gasteiger partial charge in [0, 0.05) is 51.5 Å². The number of carbonyl (C=O) groups is 1. The van der Waals surface area contributed by atoms with Crippen LogP contribution in [0.25, 0.3) is 11.4 Å². The number of nitrogens with zero attached hydrogens (tertiary/aromatic N) is 4. The molecule has 7 heteroatoms. The van der Waals surface area contributed by atoms with Gasteiger partial charge in [-0.15, -0.1) is 0 Å². The fourth-order valence-corrected chi connectivity index (χ4v) is 3.08. The first kappa shape index (κ1) is 19.3. The van der Waals surface area contributed by atoms with Crippen LogP contribution in [0.3, 0.4) is 0 Å². The molecule has 1 aromatic carbocycles. The van der Waals surface area contributed by atoms with Crippen molar-refractivity contribution in [1.29, 1.82) is 0 Å². The number of rotatable bonds is 7. The lowest BCUT2D eigenvalue weighted by atomic mass is 10.2. The van der Waals surface area contributed by atoms with Gasteiger partial charge in [-0.3, -0.25) is 4.79 Å². The fourth-order valence-electron chi connectivity index (χ4n) is 3.08. The molecule has 7 nitrogen and oxygen atoms in total. The van der Waals surface area contributed by atoms with E-state index < -0.39 is 0 Å². The van der Waals surface area contributed by atoms with E-state index in [-0.39, 0.29) is 5.91 Å². The van der Waals surface area contributed by atoms with Crippen LogP contribution in [0.15, 0.2) is 36.4 Å². The van der Waals surface area contributed by atoms with Crippen LogP contribution in [-0.4, -0.2) is 73.8 Å². The zero-order valence-electron chi connectivity index (χ0n) is 16.0. The van der Waals surface area contributed by atoms with E-state index in [0.717, 1.165) is 44.1 Å². The van der Waals surface area contributed by atoms with Crippen molar-refractivity contribution in [1.82, 2.24) is 20.2 Å². The van der Waals surface area contributed by atoms with Gasteiger partial charge in [-0.25, -0.2) is 9.97 Å². The summed E-state index contributed by atoms with van der Waals surface area (Å²) in [5, 5.41) is 2.84. The molecule has 0 spiro atoms. The van der Waals surface area contributed by atoms with Crippen LogP contribution in [0.1, 0.15) is 17.4 Å². The summed E-state index contributed by atoms with van der Waals surface area (Å²) in [6.45, 7) is 7.93. The topological polar surface area (TPSA) is 70.6 Å². The number of carbonyl (C=O) groups excluding carboxylic acids is 1. The number of piperazine rings is 1. The minimum atomic E-state index is -0.208. The maximum atomic E-state index is 12.6. The first-order valence-corrected chi connectivity index (χ1v) is 9.40. The van der Waals surface area contributed by atoms with Gasteiger partial charge in [0.2, 0.25) is 0 Å². The molecule has 0 radical (unpaired) electrons. The smallest absolute Gasteiger partial charge is 0.270 e. The van der Waals surface area contributed by atoms with Gasteiger partial charge in [-0.1, -0.05) is 37.3 Å². The molecule has 1 aliphatic heterocycles. The van der Waals surface area contributed by atoms with Crippen LogP contribution in [-0.2, 0) is 4.74 Å². The van der Waals surface area contributed by atoms with Gasteiger partial charge in [-0.05, 0) is 6.54 Å². The third-order valence-corrected chi connectivity index (χ3v) is 4.71. The van der Waals surface area contributed by atoms with Gasteiger partial charge in [0.05, 0.1) is 6.61 Å². The minimum absolute atomic E-state index is 0.208. The monoisotopic (exact) mass is 369 g/mol. The molecule has 0 bridgehead atoms. The van der Waals surface area contributed by atoms with Crippen LogP contribution in [0.2, 0.25) is 0 Å². The predicted octanol–water partition coefficient (Wildman–Crippen LogP) is 1.66. The van der Waals surface area contributed by atoms with Crippen LogP contribution >= 0.6 is 0 Å². The zero-order valence-corrected chi connectivity index (χ0v) is 16.0. The lowest BCUT2D eigenvalue weighted by Crippen LogP contribution is -2.46. The number of benzene rings is 1. The molecular formula is C20H27N5O2. The number of nitrogens with one attached hydrogen (secondary N) is 1. The van der Waals surface area contributed by atoms with Gasteiger partial charge in [-0.2, -0.15) is 0 Å². The Morgan fingerprint density at radius 3 is 2.56 bits per heavy atom. The molecule has 2 aromatic rings. The van der Waals surface area contributed by atoms with E-state index in [1.54, 1.807) is 13.2 Å². The molecule has 1 N–H and O–H groups in total. The SMILES string of the molecule is CCN1CCN(c2cc(C(=O)NCCOC)nc(-c3ccccc3)n2)CC1. The number of aromatic nitrogens is 2. The molecule has 1 amide bonds. The van der Waals surface area contributed by atoms with Crippen LogP contribution < -0.4 is 10.2 Å². The number of likely N-dealkylation sites (N-methyl/N-ethyl adjacent to an activating group) is 1. The quantitative estimate of drug-likeness (QED) is 0.749. The van der Waals surface area contributed by atoms with E-state index >= 15 is 0 Å². The molecular weight excluding hydrogens is 342 g/mol. The molecule has 0 aliphatic carbocycles. The summed E-state index contributed by atoms with van der Waals surface area (Å²) in [7, 11) is 1.61. The molecule has 0 atom stereocenters. The second kappa shape index (κ2) is 9.43. The second-order valence-electron chi connectivity index (χ2n) is 6.47. The first-order chi connectivity index (χ1) is 13.2. The van der Waals surface area contributed by atoms with Crippen LogP contribution in [0, 0.1) is 0 Å². The molecule has 1 saturated heterocycles. The van der Waals surface area contributed by atoms with Crippen molar-refractivity contribution in [3.05, 3.63) is 42.1 Å². The van der Waals surface area contributed by atoms with Crippen molar-refractivity contribution >= 4 is 11.7 Å². The van der Waals surface area contributed by atoms with Crippen molar-refractivity contribution in [2.24, 2.45) is 0 Å². The standard InChI is InChI=1S/C20H27N5O2/c1-3-24-10-12-25(13-11-24)18-15-17(20(26)21-9-14-27-2)22-19(23-18)16-7-5-4-6-8-16/h4-8,15H,3,9-14H2,1-2H3,(H,21,26). The van der Waals surface area contributed by atoms with E-state index in [1.807, 2.05) is 30.3 Å². The Morgan fingerprint density at radius 1 is 1.15 bits per heavy atom. The Bertz CT molecular complexity index is 745. The van der Waals surface area contributed by atoms with Gasteiger partial charge in [0.15, 0.2) is 5.82 Å². The zero-order chi connectivity index (χ0) is 19.1. The number of amides is 1. The summed E-state index contributed by atoms with van der Waals surface area (Å²) in [6, 6.07) is 11.6. The van der Waals surface area contributed by atoms with Crippen molar-refractivity contribution in [2.75, 3.05) is 57.9 Å². The third-order valence-electron chi connectivity index (χ3n) is 4.71. The Hall–Kier alpha value is -2.51. The van der Waals surface area contributed by atoms with E-state index in [0.29, 0.717) is 24.7 Å². The van der Waals surface area contributed by atoms with Crippen molar-refractivity contribution in [3.63, 3.8) is 0 Å². The highest BCUT2D eigenvalue weighted by Crippen LogP contribution is 2.21. The fraction of sp³-hybridized carbons (Fsp3) is 0.450. The molecule has 0 saturated carbocycles. The molecule has 144 valence electrons. The number of anilines is 1. The Balaban J connectivity index is 1.88. The summed E-state index contributed by atoms with van der Waals surface area (Å²) in [4.78, 5) is 26.4. The lowest BCUT2D eigenvalue weighted by Gasteiger charge is -2.34. The summed E-state index contributed by atoms with van der Waals surface area (Å²) in [5.74, 6) is 1.17. The van der Waals surface area contributed by atoms with E-state index in [1.165, 1.54) is 0 Å². The molecule has 0 unspecified atom stereocenters. The molecule has 27 heavy (non-hydrogen) atoms. The Labute approximate surface area is 160 Å². The summed E-state index contributed by atoms with van der Waals surface area (Å²) >= 11 is 0. The predicted molar refractivity (Wildman–Crippen MR) is 106 cm³/mol. The normalized spacial score (nSPS) is 15.0. The van der Waals surface area contributed by atoms with Gasteiger partial charge >= 0.3 is 0 Å². The van der Waals surface area contributed by atoms with E-state index in [9.17, 15) is 4.79 Å². The molecule has 3 rings (SSSR count). The minimum Gasteiger partial charge on any atom is -0.383 e. The Kier molecular flexibility index (Phi) is 6.73. The first-order valence-electron chi connectivity index (χ1n) is 9.40. The van der Waals surface area contributed by atoms with Crippen molar-refractivity contribution < 1.29 is 9.53 Å². The highest BCUT2D eigenvalue weighted by atomic mass is 16.5. The third kappa shape index (κ3) is 5.02. The second-order valence-corrected chi connectivity index (χ2v) is 6.47. The maximum Gasteiger partial charge on any atom is 0.270 e. The average Bonchev–Trinajstić information content (AvgIpc) is 2.74. The lowest BCUT2D eigenvalue weighted by molar-refractivity contribution is 0.0932. The average molecular weight is 369 g/mol. The van der Waals surface area contributed by atoms with E-state index in [4.69, 9.17) is 9.72 Å². The number of hydrogen-bond donors (Lipinski definition) is 1. The summed E-state index contributed by atoms with van der Waals surface area (Å²) in [6.07, 6.45) is 0. The van der Waals surface area contributed by atoms with Crippen LogP contribution in [0.5, 0.6) is 0 Å². The van der Waals surface area contributed by atoms with Gasteiger partial charge < -0.3 is 19.9 Å². The van der Waals surface area contributed by atoms with Crippen molar-refractivity contribution in [2.45, 2.75) is 6.92 Å². The van der Waals surface area contributed by atoms with Gasteiger partial charge in [0.1, 0.15) is 11.5 Å². The molecule has 2 heterocycles. The molecule has 1 fully saturated rings. The maximum absolute atomic E-state index is 12.6. The summed E-state index contributed by atoms with van der Waals surface area (Å²) in [5.41, 5.74) is 1.28. The van der Waals surface area contributed by atoms with Crippen LogP contribution in [0.4, 0.5) is 5.82 Å². The Morgan fingerprint density at radius 2 is 1.89 bits per heavy atom. The number of hydrogen-bond acceptors (Lipinski definition) is 6. The largest absolute Gasteiger partial charge is 0.383 e. The van der Waals surface area contributed by atoms with Crippen molar-refractivity contribution in [3.8, 4) is 11.4 Å².